The van der Waals surface area contributed by atoms with Crippen molar-refractivity contribution in [2.24, 2.45) is 5.92 Å². The Hall–Kier alpha value is -3.75. The molecule has 36 heavy (non-hydrogen) atoms. The van der Waals surface area contributed by atoms with Gasteiger partial charge in [0.25, 0.3) is 0 Å². The number of amides is 1. The molecule has 0 radical (unpaired) electrons. The third-order valence-corrected chi connectivity index (χ3v) is 7.00. The highest BCUT2D eigenvalue weighted by atomic mass is 19.4. The minimum absolute atomic E-state index is 0.173. The van der Waals surface area contributed by atoms with E-state index in [0.29, 0.717) is 31.7 Å². The number of piperazine rings is 1. The number of alkyl halides is 3. The van der Waals surface area contributed by atoms with E-state index in [1.165, 1.54) is 6.07 Å². The summed E-state index contributed by atoms with van der Waals surface area (Å²) in [6, 6.07) is 15.1. The van der Waals surface area contributed by atoms with Gasteiger partial charge < -0.3 is 19.9 Å². The Bertz CT molecular complexity index is 1220. The first-order valence-electron chi connectivity index (χ1n) is 11.9. The number of hydrogen-bond donors (Lipinski definition) is 1. The van der Waals surface area contributed by atoms with Crippen molar-refractivity contribution in [2.75, 3.05) is 36.5 Å². The number of halogens is 3. The Morgan fingerprint density at radius 1 is 1.14 bits per heavy atom. The van der Waals surface area contributed by atoms with E-state index in [4.69, 9.17) is 4.74 Å². The van der Waals surface area contributed by atoms with E-state index in [1.807, 2.05) is 30.3 Å². The summed E-state index contributed by atoms with van der Waals surface area (Å²) in [6.45, 7) is 2.18. The molecular formula is C27H27F3N4O2. The molecule has 0 bridgehead atoms. The normalized spacial score (nSPS) is 19.3. The number of aromatic nitrogens is 1. The molecular weight excluding hydrogens is 469 g/mol. The fourth-order valence-electron chi connectivity index (χ4n) is 5.15. The highest BCUT2D eigenvalue weighted by Crippen LogP contribution is 2.40. The molecule has 2 aliphatic heterocycles. The maximum absolute atomic E-state index is 13.4. The molecule has 3 aromatic rings. The van der Waals surface area contributed by atoms with Crippen LogP contribution in [-0.2, 0) is 23.9 Å². The Morgan fingerprint density at radius 3 is 2.64 bits per heavy atom. The Labute approximate surface area is 207 Å². The van der Waals surface area contributed by atoms with Gasteiger partial charge in [-0.15, -0.1) is 0 Å². The Balaban J connectivity index is 1.43. The van der Waals surface area contributed by atoms with Crippen molar-refractivity contribution in [3.8, 4) is 5.75 Å². The van der Waals surface area contributed by atoms with Crippen molar-refractivity contribution in [3.05, 3.63) is 83.7 Å². The zero-order valence-electron chi connectivity index (χ0n) is 19.8. The minimum Gasteiger partial charge on any atom is -0.497 e. The van der Waals surface area contributed by atoms with E-state index >= 15 is 0 Å². The first-order chi connectivity index (χ1) is 17.3. The lowest BCUT2D eigenvalue weighted by Crippen LogP contribution is -2.61. The fourth-order valence-corrected chi connectivity index (χ4v) is 5.15. The molecule has 1 saturated heterocycles. The second-order valence-electron chi connectivity index (χ2n) is 9.14. The summed E-state index contributed by atoms with van der Waals surface area (Å²) in [7, 11) is 1.62. The highest BCUT2D eigenvalue weighted by Gasteiger charge is 2.42. The van der Waals surface area contributed by atoms with Gasteiger partial charge in [0.15, 0.2) is 0 Å². The maximum atomic E-state index is 13.4. The van der Waals surface area contributed by atoms with Crippen molar-refractivity contribution >= 4 is 17.3 Å². The monoisotopic (exact) mass is 496 g/mol. The summed E-state index contributed by atoms with van der Waals surface area (Å²) in [4.78, 5) is 21.8. The summed E-state index contributed by atoms with van der Waals surface area (Å²) in [6.07, 6.45) is -0.841. The predicted molar refractivity (Wildman–Crippen MR) is 131 cm³/mol. The minimum atomic E-state index is -4.43. The lowest BCUT2D eigenvalue weighted by atomic mass is 9.82. The Kier molecular flexibility index (Phi) is 6.47. The van der Waals surface area contributed by atoms with Gasteiger partial charge in [-0.3, -0.25) is 9.78 Å². The molecule has 2 atom stereocenters. The van der Waals surface area contributed by atoms with Crippen LogP contribution in [0.5, 0.6) is 5.75 Å². The number of nitrogens with zero attached hydrogens (tertiary/aromatic N) is 3. The molecule has 0 aliphatic carbocycles. The number of ether oxygens (including phenoxy) is 1. The second-order valence-corrected chi connectivity index (χ2v) is 9.14. The summed E-state index contributed by atoms with van der Waals surface area (Å²) in [5.74, 6) is 0.0873. The van der Waals surface area contributed by atoms with Gasteiger partial charge >= 0.3 is 6.18 Å². The van der Waals surface area contributed by atoms with E-state index in [0.717, 1.165) is 28.8 Å². The Morgan fingerprint density at radius 2 is 1.94 bits per heavy atom. The van der Waals surface area contributed by atoms with Crippen LogP contribution in [0.15, 0.2) is 67.0 Å². The molecule has 1 amide bonds. The van der Waals surface area contributed by atoms with Crippen LogP contribution >= 0.6 is 0 Å². The first kappa shape index (κ1) is 24.0. The molecule has 5 rings (SSSR count). The molecule has 0 unspecified atom stereocenters. The number of rotatable bonds is 5. The first-order valence-corrected chi connectivity index (χ1v) is 11.9. The van der Waals surface area contributed by atoms with Crippen LogP contribution < -0.4 is 19.9 Å². The van der Waals surface area contributed by atoms with Gasteiger partial charge in [-0.25, -0.2) is 0 Å². The summed E-state index contributed by atoms with van der Waals surface area (Å²) >= 11 is 0. The molecule has 2 aromatic carbocycles. The number of benzene rings is 2. The average Bonchev–Trinajstić information content (AvgIpc) is 2.90. The lowest BCUT2D eigenvalue weighted by molar-refractivity contribution is -0.137. The van der Waals surface area contributed by atoms with Crippen molar-refractivity contribution in [1.82, 2.24) is 10.3 Å². The molecule has 6 nitrogen and oxygen atoms in total. The van der Waals surface area contributed by atoms with Crippen molar-refractivity contribution in [3.63, 3.8) is 0 Å². The molecule has 0 spiro atoms. The molecule has 2 aliphatic rings. The molecule has 1 fully saturated rings. The van der Waals surface area contributed by atoms with Crippen molar-refractivity contribution in [1.29, 1.82) is 0 Å². The lowest BCUT2D eigenvalue weighted by Gasteiger charge is -2.49. The third kappa shape index (κ3) is 4.82. The van der Waals surface area contributed by atoms with Crippen LogP contribution in [0.4, 0.5) is 24.5 Å². The summed E-state index contributed by atoms with van der Waals surface area (Å²) in [5.41, 5.74) is 2.52. The van der Waals surface area contributed by atoms with Gasteiger partial charge in [0.2, 0.25) is 5.91 Å². The number of anilines is 2. The van der Waals surface area contributed by atoms with E-state index in [1.54, 1.807) is 31.6 Å². The summed E-state index contributed by atoms with van der Waals surface area (Å²) in [5, 5.41) is 2.98. The smallest absolute Gasteiger partial charge is 0.416 e. The number of fused-ring (bicyclic) bond motifs is 3. The fraction of sp³-hybridized carbons (Fsp3) is 0.333. The van der Waals surface area contributed by atoms with Gasteiger partial charge in [0.1, 0.15) is 5.75 Å². The number of hydrogen-bond acceptors (Lipinski definition) is 5. The van der Waals surface area contributed by atoms with Gasteiger partial charge in [-0.2, -0.15) is 13.2 Å². The van der Waals surface area contributed by atoms with Gasteiger partial charge in [0.05, 0.1) is 24.6 Å². The van der Waals surface area contributed by atoms with Crippen LogP contribution in [0.2, 0.25) is 0 Å². The number of carbonyl (C=O) groups excluding carboxylic acids is 1. The van der Waals surface area contributed by atoms with E-state index in [2.05, 4.69) is 20.1 Å². The van der Waals surface area contributed by atoms with E-state index in [9.17, 15) is 18.0 Å². The topological polar surface area (TPSA) is 57.7 Å². The zero-order valence-corrected chi connectivity index (χ0v) is 19.8. The quantitative estimate of drug-likeness (QED) is 0.571. The zero-order chi connectivity index (χ0) is 25.3. The standard InChI is InChI=1S/C27H27F3N4O2/c1-36-22-7-5-21(6-8-22)33-11-12-34-24-9-4-20(27(28,29)30)13-19(24)14-23(25(34)17-33)26(35)32-16-18-3-2-10-31-15-18/h2-10,13,15,23,25H,11-12,14,16-17H2,1H3,(H,32,35)/t23-,25+/m1/s1. The molecule has 188 valence electrons. The van der Waals surface area contributed by atoms with Crippen LogP contribution in [0.1, 0.15) is 16.7 Å². The molecule has 9 heteroatoms. The van der Waals surface area contributed by atoms with E-state index in [-0.39, 0.29) is 18.4 Å². The van der Waals surface area contributed by atoms with Crippen LogP contribution in [0.3, 0.4) is 0 Å². The maximum Gasteiger partial charge on any atom is 0.416 e. The van der Waals surface area contributed by atoms with Crippen molar-refractivity contribution in [2.45, 2.75) is 25.2 Å². The van der Waals surface area contributed by atoms with Gasteiger partial charge in [-0.05, 0) is 66.1 Å². The number of carbonyl (C=O) groups is 1. The molecule has 1 aromatic heterocycles. The van der Waals surface area contributed by atoms with Gasteiger partial charge in [0, 0.05) is 49.9 Å². The summed E-state index contributed by atoms with van der Waals surface area (Å²) < 4.78 is 45.6. The highest BCUT2D eigenvalue weighted by molar-refractivity contribution is 5.82. The van der Waals surface area contributed by atoms with E-state index < -0.39 is 17.7 Å². The molecule has 1 N–H and O–H groups in total. The average molecular weight is 497 g/mol. The molecule has 0 saturated carbocycles. The van der Waals surface area contributed by atoms with Crippen LogP contribution in [0.25, 0.3) is 0 Å². The molecule has 3 heterocycles. The van der Waals surface area contributed by atoms with Gasteiger partial charge in [-0.1, -0.05) is 6.07 Å². The number of nitrogens with one attached hydrogen (secondary N) is 1. The largest absolute Gasteiger partial charge is 0.497 e. The second kappa shape index (κ2) is 9.72. The van der Waals surface area contributed by atoms with Crippen LogP contribution in [-0.4, -0.2) is 43.7 Å². The number of methoxy groups -OCH3 is 1. The van der Waals surface area contributed by atoms with Crippen molar-refractivity contribution < 1.29 is 22.7 Å². The third-order valence-electron chi connectivity index (χ3n) is 7.00. The van der Waals surface area contributed by atoms with Crippen LogP contribution in [0, 0.1) is 5.92 Å². The predicted octanol–water partition coefficient (Wildman–Crippen LogP) is 4.29. The SMILES string of the molecule is COc1ccc(N2CCN3c4ccc(C(F)(F)F)cc4C[C@@H](C(=O)NCc4cccnc4)[C@@H]3C2)cc1. The number of pyridine rings is 1.